The second-order valence-corrected chi connectivity index (χ2v) is 7.68. The van der Waals surface area contributed by atoms with E-state index in [2.05, 4.69) is 20.8 Å². The van der Waals surface area contributed by atoms with E-state index in [1.54, 1.807) is 16.8 Å². The summed E-state index contributed by atoms with van der Waals surface area (Å²) in [6.07, 6.45) is 4.12. The molecule has 26 heavy (non-hydrogen) atoms. The van der Waals surface area contributed by atoms with Crippen LogP contribution in [0.4, 0.5) is 4.39 Å². The third kappa shape index (κ3) is 4.21. The first-order valence-electron chi connectivity index (χ1n) is 8.79. The highest BCUT2D eigenvalue weighted by Gasteiger charge is 2.31. The van der Waals surface area contributed by atoms with Gasteiger partial charge < -0.3 is 10.1 Å². The van der Waals surface area contributed by atoms with Crippen molar-refractivity contribution in [3.8, 4) is 0 Å². The van der Waals surface area contributed by atoms with Crippen molar-refractivity contribution in [2.75, 3.05) is 6.61 Å². The highest BCUT2D eigenvalue weighted by molar-refractivity contribution is 8.00. The zero-order valence-electron chi connectivity index (χ0n) is 14.2. The van der Waals surface area contributed by atoms with Crippen molar-refractivity contribution in [1.82, 2.24) is 25.5 Å². The molecular weight excluding hydrogens is 357 g/mol. The largest absolute Gasteiger partial charge is 0.376 e. The maximum absolute atomic E-state index is 13.3. The quantitative estimate of drug-likeness (QED) is 0.744. The molecule has 1 N–H and O–H groups in total. The minimum atomic E-state index is -0.537. The third-order valence-corrected chi connectivity index (χ3v) is 5.68. The van der Waals surface area contributed by atoms with E-state index in [-0.39, 0.29) is 23.9 Å². The summed E-state index contributed by atoms with van der Waals surface area (Å²) in [4.78, 5) is 12.7. The molecule has 7 nitrogen and oxygen atoms in total. The van der Waals surface area contributed by atoms with Crippen molar-refractivity contribution in [2.45, 2.75) is 54.8 Å². The van der Waals surface area contributed by atoms with E-state index >= 15 is 0 Å². The summed E-state index contributed by atoms with van der Waals surface area (Å²) in [7, 11) is 0. The van der Waals surface area contributed by atoms with Crippen molar-refractivity contribution in [1.29, 1.82) is 0 Å². The molecule has 2 heterocycles. The molecule has 1 aliphatic heterocycles. The minimum absolute atomic E-state index is 0.0995. The van der Waals surface area contributed by atoms with E-state index in [4.69, 9.17) is 4.74 Å². The first kappa shape index (κ1) is 17.4. The topological polar surface area (TPSA) is 81.9 Å². The van der Waals surface area contributed by atoms with Crippen LogP contribution in [0.5, 0.6) is 0 Å². The number of halogens is 1. The molecule has 9 heteroatoms. The van der Waals surface area contributed by atoms with Crippen LogP contribution >= 0.6 is 11.8 Å². The fourth-order valence-corrected chi connectivity index (χ4v) is 3.89. The Morgan fingerprint density at radius 2 is 2.15 bits per heavy atom. The Morgan fingerprint density at radius 1 is 1.35 bits per heavy atom. The van der Waals surface area contributed by atoms with Crippen LogP contribution in [0.15, 0.2) is 29.4 Å². The fourth-order valence-electron chi connectivity index (χ4n) is 2.90. The maximum atomic E-state index is 13.3. The number of tetrazole rings is 1. The van der Waals surface area contributed by atoms with Gasteiger partial charge >= 0.3 is 0 Å². The highest BCUT2D eigenvalue weighted by atomic mass is 32.2. The van der Waals surface area contributed by atoms with Crippen LogP contribution in [0.1, 0.15) is 36.5 Å². The molecule has 2 aromatic rings. The van der Waals surface area contributed by atoms with Crippen LogP contribution in [0.2, 0.25) is 0 Å². The Kier molecular flexibility index (Phi) is 5.16. The number of benzene rings is 1. The van der Waals surface area contributed by atoms with Crippen molar-refractivity contribution >= 4 is 17.7 Å². The van der Waals surface area contributed by atoms with Crippen molar-refractivity contribution in [3.63, 3.8) is 0 Å². The average molecular weight is 377 g/mol. The summed E-state index contributed by atoms with van der Waals surface area (Å²) in [5.41, 5.74) is 0.723. The number of aromatic nitrogens is 4. The van der Waals surface area contributed by atoms with Crippen molar-refractivity contribution < 1.29 is 13.9 Å². The van der Waals surface area contributed by atoms with E-state index in [1.165, 1.54) is 23.9 Å². The Balaban J connectivity index is 1.53. The molecule has 2 aliphatic rings. The lowest BCUT2D eigenvalue weighted by molar-refractivity contribution is -0.120. The number of rotatable bonds is 7. The Bertz CT molecular complexity index is 759. The summed E-state index contributed by atoms with van der Waals surface area (Å²) in [5.74, 6) is -0.431. The first-order chi connectivity index (χ1) is 12.7. The summed E-state index contributed by atoms with van der Waals surface area (Å²) in [6, 6.07) is 6.24. The SMILES string of the molecule is O=C(NC1CC1)[C@@H](Sc1nnnn1C[C@@H]1CCCO1)c1ccc(F)cc1. The number of thioether (sulfide) groups is 1. The number of carbonyl (C=O) groups excluding carboxylic acids is 1. The predicted molar refractivity (Wildman–Crippen MR) is 93.0 cm³/mol. The Hall–Kier alpha value is -2.00. The van der Waals surface area contributed by atoms with Crippen molar-refractivity contribution in [2.24, 2.45) is 0 Å². The highest BCUT2D eigenvalue weighted by Crippen LogP contribution is 2.35. The molecule has 1 aliphatic carbocycles. The zero-order valence-corrected chi connectivity index (χ0v) is 15.0. The van der Waals surface area contributed by atoms with Gasteiger partial charge in [-0.1, -0.05) is 23.9 Å². The lowest BCUT2D eigenvalue weighted by Gasteiger charge is -2.17. The lowest BCUT2D eigenvalue weighted by atomic mass is 10.1. The summed E-state index contributed by atoms with van der Waals surface area (Å²) in [6.45, 7) is 1.33. The Morgan fingerprint density at radius 3 is 2.85 bits per heavy atom. The number of amides is 1. The van der Waals surface area contributed by atoms with E-state index in [9.17, 15) is 9.18 Å². The molecule has 1 saturated carbocycles. The van der Waals surface area contributed by atoms with E-state index in [1.807, 2.05) is 0 Å². The van der Waals surface area contributed by atoms with Gasteiger partial charge in [0.2, 0.25) is 11.1 Å². The van der Waals surface area contributed by atoms with E-state index < -0.39 is 5.25 Å². The molecule has 0 radical (unpaired) electrons. The first-order valence-corrected chi connectivity index (χ1v) is 9.67. The van der Waals surface area contributed by atoms with Gasteiger partial charge in [0, 0.05) is 12.6 Å². The van der Waals surface area contributed by atoms with E-state index in [0.717, 1.165) is 37.9 Å². The van der Waals surface area contributed by atoms with Gasteiger partial charge in [-0.3, -0.25) is 4.79 Å². The van der Waals surface area contributed by atoms with Gasteiger partial charge in [0.1, 0.15) is 11.1 Å². The predicted octanol–water partition coefficient (Wildman–Crippen LogP) is 2.10. The molecule has 1 amide bonds. The van der Waals surface area contributed by atoms with Gasteiger partial charge in [0.05, 0.1) is 12.6 Å². The Labute approximate surface area is 154 Å². The lowest BCUT2D eigenvalue weighted by Crippen LogP contribution is -2.30. The van der Waals surface area contributed by atoms with Gasteiger partial charge in [-0.15, -0.1) is 5.10 Å². The fraction of sp³-hybridized carbons (Fsp3) is 0.529. The van der Waals surface area contributed by atoms with Gasteiger partial charge in [-0.05, 0) is 53.8 Å². The number of carbonyl (C=O) groups is 1. The van der Waals surface area contributed by atoms with Crippen LogP contribution in [0.3, 0.4) is 0 Å². The molecule has 2 fully saturated rings. The van der Waals surface area contributed by atoms with Crippen LogP contribution in [-0.4, -0.2) is 44.9 Å². The number of hydrogen-bond acceptors (Lipinski definition) is 6. The molecule has 4 rings (SSSR count). The normalized spacial score (nSPS) is 20.9. The van der Waals surface area contributed by atoms with Gasteiger partial charge in [0.15, 0.2) is 0 Å². The number of hydrogen-bond donors (Lipinski definition) is 1. The third-order valence-electron chi connectivity index (χ3n) is 4.46. The molecular formula is C17H20FN5O2S. The second kappa shape index (κ2) is 7.71. The molecule has 1 aromatic carbocycles. The molecule has 1 aromatic heterocycles. The average Bonchev–Trinajstić information content (AvgIpc) is 3.11. The van der Waals surface area contributed by atoms with Gasteiger partial charge in [-0.25, -0.2) is 9.07 Å². The van der Waals surface area contributed by atoms with Crippen LogP contribution in [-0.2, 0) is 16.1 Å². The summed E-state index contributed by atoms with van der Waals surface area (Å²) < 4.78 is 20.6. The second-order valence-electron chi connectivity index (χ2n) is 6.61. The summed E-state index contributed by atoms with van der Waals surface area (Å²) in [5, 5.41) is 14.9. The summed E-state index contributed by atoms with van der Waals surface area (Å²) >= 11 is 1.28. The smallest absolute Gasteiger partial charge is 0.238 e. The van der Waals surface area contributed by atoms with Crippen LogP contribution < -0.4 is 5.32 Å². The monoisotopic (exact) mass is 377 g/mol. The molecule has 2 atom stereocenters. The molecule has 138 valence electrons. The van der Waals surface area contributed by atoms with Gasteiger partial charge in [-0.2, -0.15) is 0 Å². The number of ether oxygens (including phenoxy) is 1. The number of nitrogens with one attached hydrogen (secondary N) is 1. The maximum Gasteiger partial charge on any atom is 0.238 e. The van der Waals surface area contributed by atoms with Crippen molar-refractivity contribution in [3.05, 3.63) is 35.6 Å². The number of nitrogens with zero attached hydrogens (tertiary/aromatic N) is 4. The van der Waals surface area contributed by atoms with E-state index in [0.29, 0.717) is 11.7 Å². The molecule has 0 unspecified atom stereocenters. The van der Waals surface area contributed by atoms with Crippen LogP contribution in [0.25, 0.3) is 0 Å². The molecule has 0 bridgehead atoms. The molecule has 1 saturated heterocycles. The standard InChI is InChI=1S/C17H20FN5O2S/c18-12-5-3-11(4-6-12)15(16(24)19-13-7-8-13)26-17-20-21-22-23(17)10-14-2-1-9-25-14/h3-6,13-15H,1-2,7-10H2,(H,19,24)/t14-,15-/m0/s1. The van der Waals surface area contributed by atoms with Gasteiger partial charge in [0.25, 0.3) is 0 Å². The zero-order chi connectivity index (χ0) is 17.9. The minimum Gasteiger partial charge on any atom is -0.376 e. The molecule has 0 spiro atoms. The van der Waals surface area contributed by atoms with Crippen LogP contribution in [0, 0.1) is 5.82 Å².